The quantitative estimate of drug-likeness (QED) is 0.0188. The molecule has 7 N–H and O–H groups in total. The van der Waals surface area contributed by atoms with Crippen LogP contribution in [0.5, 0.6) is 0 Å². The summed E-state index contributed by atoms with van der Waals surface area (Å²) in [5, 5.41) is 72.0. The lowest BCUT2D eigenvalue weighted by atomic mass is 9.98. The second-order valence-electron chi connectivity index (χ2n) is 17.6. The molecule has 11 unspecified atom stereocenters. The van der Waals surface area contributed by atoms with E-state index in [1.54, 1.807) is 0 Å². The van der Waals surface area contributed by atoms with Gasteiger partial charge in [-0.2, -0.15) is 0 Å². The van der Waals surface area contributed by atoms with Gasteiger partial charge in [-0.25, -0.2) is 0 Å². The van der Waals surface area contributed by atoms with Crippen LogP contribution in [-0.4, -0.2) is 142 Å². The van der Waals surface area contributed by atoms with E-state index in [0.717, 1.165) is 57.8 Å². The van der Waals surface area contributed by atoms with Gasteiger partial charge in [0.25, 0.3) is 0 Å². The predicted molar refractivity (Wildman–Crippen MR) is 247 cm³/mol. The van der Waals surface area contributed by atoms with Crippen molar-refractivity contribution >= 4 is 5.97 Å². The largest absolute Gasteiger partial charge is 0.457 e. The van der Waals surface area contributed by atoms with Gasteiger partial charge in [0.2, 0.25) is 0 Å². The van der Waals surface area contributed by atoms with E-state index in [2.05, 4.69) is 50.3 Å². The molecule has 14 nitrogen and oxygen atoms in total. The first-order valence-corrected chi connectivity index (χ1v) is 25.1. The van der Waals surface area contributed by atoms with Crippen molar-refractivity contribution in [3.63, 3.8) is 0 Å². The lowest BCUT2D eigenvalue weighted by molar-refractivity contribution is -0.332. The van der Waals surface area contributed by atoms with Crippen molar-refractivity contribution in [3.05, 3.63) is 36.5 Å². The molecule has 2 aliphatic heterocycles. The number of rotatable bonds is 39. The number of carbonyl (C=O) groups excluding carboxylic acids is 1. The standard InChI is InChI=1S/C50H90O14/c1-3-5-7-9-11-13-15-16-17-18-19-20-21-22-23-24-26-28-30-32-34-59-36-39(62-42(52)33-31-29-27-25-14-12-10-8-6-4-2)37-60-49-48(58)46(56)44(54)41(64-49)38-61-50-47(57)45(55)43(53)40(35-51)63-50/h11,13,16-17,19-20,39-41,43-51,53-58H,3-10,12,14-15,18,21-38H2,1-2H3/b13-11-,17-16-,20-19-. The molecule has 0 bridgehead atoms. The van der Waals surface area contributed by atoms with Crippen LogP contribution in [0.25, 0.3) is 0 Å². The first-order valence-electron chi connectivity index (χ1n) is 25.1. The van der Waals surface area contributed by atoms with Crippen molar-refractivity contribution in [2.75, 3.05) is 33.0 Å². The molecule has 2 rings (SSSR count). The third-order valence-electron chi connectivity index (χ3n) is 11.9. The lowest BCUT2D eigenvalue weighted by Crippen LogP contribution is -2.61. The van der Waals surface area contributed by atoms with E-state index < -0.39 is 80.7 Å². The number of hydrogen-bond acceptors (Lipinski definition) is 14. The Labute approximate surface area is 385 Å². The molecule has 2 saturated heterocycles. The van der Waals surface area contributed by atoms with Crippen LogP contribution in [0.15, 0.2) is 36.5 Å². The number of carbonyl (C=O) groups is 1. The Kier molecular flexibility index (Phi) is 34.8. The van der Waals surface area contributed by atoms with Crippen molar-refractivity contribution in [1.29, 1.82) is 0 Å². The summed E-state index contributed by atoms with van der Waals surface area (Å²) in [4.78, 5) is 12.9. The zero-order valence-corrected chi connectivity index (χ0v) is 39.5. The normalized spacial score (nSPS) is 27.0. The number of hydrogen-bond donors (Lipinski definition) is 7. The number of ether oxygens (including phenoxy) is 6. The molecule has 11 atom stereocenters. The molecule has 14 heteroatoms. The van der Waals surface area contributed by atoms with Crippen molar-refractivity contribution in [3.8, 4) is 0 Å². The summed E-state index contributed by atoms with van der Waals surface area (Å²) in [6.07, 6.45) is 25.0. The second-order valence-corrected chi connectivity index (χ2v) is 17.6. The molecular formula is C50H90O14. The summed E-state index contributed by atoms with van der Waals surface area (Å²) in [5.74, 6) is -0.382. The van der Waals surface area contributed by atoms with E-state index in [0.29, 0.717) is 13.0 Å². The van der Waals surface area contributed by atoms with Crippen molar-refractivity contribution < 1.29 is 69.0 Å². The van der Waals surface area contributed by atoms with Gasteiger partial charge in [0, 0.05) is 13.0 Å². The molecule has 2 aliphatic rings. The molecule has 0 aromatic heterocycles. The lowest BCUT2D eigenvalue weighted by Gasteiger charge is -2.42. The third-order valence-corrected chi connectivity index (χ3v) is 11.9. The van der Waals surface area contributed by atoms with Crippen molar-refractivity contribution in [2.45, 2.75) is 242 Å². The minimum Gasteiger partial charge on any atom is -0.457 e. The highest BCUT2D eigenvalue weighted by molar-refractivity contribution is 5.69. The van der Waals surface area contributed by atoms with Crippen molar-refractivity contribution in [1.82, 2.24) is 0 Å². The van der Waals surface area contributed by atoms with E-state index in [-0.39, 0.29) is 25.6 Å². The molecule has 0 aromatic rings. The summed E-state index contributed by atoms with van der Waals surface area (Å²) in [6.45, 7) is 3.62. The van der Waals surface area contributed by atoms with E-state index in [1.165, 1.54) is 89.9 Å². The first-order chi connectivity index (χ1) is 31.1. The maximum Gasteiger partial charge on any atom is 0.306 e. The van der Waals surface area contributed by atoms with Crippen LogP contribution < -0.4 is 0 Å². The zero-order valence-electron chi connectivity index (χ0n) is 39.5. The molecular weight excluding hydrogens is 825 g/mol. The SMILES string of the molecule is CCCCC/C=C\C/C=C\C/C=C\CCCCCCCCCOCC(COC1OC(COC2OC(CO)C(O)C(O)C2O)C(O)C(O)C1O)OC(=O)CCCCCCCCCCCC. The zero-order chi connectivity index (χ0) is 46.6. The topological polar surface area (TPSA) is 214 Å². The number of allylic oxidation sites excluding steroid dienone is 6. The van der Waals surface area contributed by atoms with Gasteiger partial charge in [0.1, 0.15) is 54.9 Å². The molecule has 0 amide bonds. The van der Waals surface area contributed by atoms with Crippen LogP contribution >= 0.6 is 0 Å². The molecule has 2 heterocycles. The Bertz CT molecular complexity index is 1200. The average molecular weight is 915 g/mol. The minimum atomic E-state index is -1.71. The Balaban J connectivity index is 1.75. The number of unbranched alkanes of at least 4 members (excludes halogenated alkanes) is 19. The maximum absolute atomic E-state index is 12.9. The fraction of sp³-hybridized carbons (Fsp3) is 0.860. The number of aliphatic hydroxyl groups is 7. The third kappa shape index (κ3) is 25.9. The Morgan fingerprint density at radius 1 is 0.516 bits per heavy atom. The van der Waals surface area contributed by atoms with Gasteiger partial charge in [0.15, 0.2) is 12.6 Å². The van der Waals surface area contributed by atoms with Crippen LogP contribution in [-0.2, 0) is 33.2 Å². The van der Waals surface area contributed by atoms with E-state index in [4.69, 9.17) is 28.4 Å². The van der Waals surface area contributed by atoms with Crippen LogP contribution in [0, 0.1) is 0 Å². The predicted octanol–water partition coefficient (Wildman–Crippen LogP) is 7.02. The van der Waals surface area contributed by atoms with Gasteiger partial charge < -0.3 is 64.2 Å². The van der Waals surface area contributed by atoms with E-state index in [9.17, 15) is 40.5 Å². The molecule has 0 aliphatic carbocycles. The summed E-state index contributed by atoms with van der Waals surface area (Å²) in [6, 6.07) is 0. The number of esters is 1. The van der Waals surface area contributed by atoms with E-state index >= 15 is 0 Å². The van der Waals surface area contributed by atoms with Gasteiger partial charge in [-0.15, -0.1) is 0 Å². The first kappa shape index (κ1) is 58.3. The average Bonchev–Trinajstić information content (AvgIpc) is 3.29. The van der Waals surface area contributed by atoms with Crippen molar-refractivity contribution in [2.24, 2.45) is 0 Å². The fourth-order valence-electron chi connectivity index (χ4n) is 7.76. The molecule has 374 valence electrons. The van der Waals surface area contributed by atoms with E-state index in [1.807, 2.05) is 0 Å². The molecule has 0 aromatic carbocycles. The Hall–Kier alpha value is -1.79. The van der Waals surface area contributed by atoms with Crippen LogP contribution in [0.4, 0.5) is 0 Å². The fourth-order valence-corrected chi connectivity index (χ4v) is 7.76. The van der Waals surface area contributed by atoms with Crippen LogP contribution in [0.3, 0.4) is 0 Å². The molecule has 2 fully saturated rings. The highest BCUT2D eigenvalue weighted by Crippen LogP contribution is 2.26. The highest BCUT2D eigenvalue weighted by atomic mass is 16.7. The monoisotopic (exact) mass is 915 g/mol. The molecule has 64 heavy (non-hydrogen) atoms. The summed E-state index contributed by atoms with van der Waals surface area (Å²) in [7, 11) is 0. The van der Waals surface area contributed by atoms with Gasteiger partial charge in [0.05, 0.1) is 26.4 Å². The van der Waals surface area contributed by atoms with Gasteiger partial charge in [-0.05, 0) is 51.4 Å². The Morgan fingerprint density at radius 2 is 0.969 bits per heavy atom. The van der Waals surface area contributed by atoms with Gasteiger partial charge in [-0.3, -0.25) is 4.79 Å². The summed E-state index contributed by atoms with van der Waals surface area (Å²) >= 11 is 0. The maximum atomic E-state index is 12.9. The Morgan fingerprint density at radius 3 is 1.55 bits per heavy atom. The smallest absolute Gasteiger partial charge is 0.306 e. The van der Waals surface area contributed by atoms with Gasteiger partial charge >= 0.3 is 5.97 Å². The van der Waals surface area contributed by atoms with Crippen LogP contribution in [0.1, 0.15) is 174 Å². The molecule has 0 radical (unpaired) electrons. The summed E-state index contributed by atoms with van der Waals surface area (Å²) in [5.41, 5.74) is 0. The molecule has 0 spiro atoms. The summed E-state index contributed by atoms with van der Waals surface area (Å²) < 4.78 is 34.2. The minimum absolute atomic E-state index is 0.0564. The van der Waals surface area contributed by atoms with Gasteiger partial charge in [-0.1, -0.05) is 153 Å². The highest BCUT2D eigenvalue weighted by Gasteiger charge is 2.47. The number of aliphatic hydroxyl groups excluding tert-OH is 7. The molecule has 0 saturated carbocycles. The second kappa shape index (κ2) is 38.2. The van der Waals surface area contributed by atoms with Crippen LogP contribution in [0.2, 0.25) is 0 Å².